The van der Waals surface area contributed by atoms with E-state index < -0.39 is 0 Å². The smallest absolute Gasteiger partial charge is 0.310 e. The molecule has 0 saturated carbocycles. The highest BCUT2D eigenvalue weighted by atomic mass is 19.1. The summed E-state index contributed by atoms with van der Waals surface area (Å²) >= 11 is 0. The van der Waals surface area contributed by atoms with Crippen molar-refractivity contribution in [2.45, 2.75) is 26.3 Å². The number of benzene rings is 1. The lowest BCUT2D eigenvalue weighted by molar-refractivity contribution is -0.151. The second-order valence-electron chi connectivity index (χ2n) is 6.19. The van der Waals surface area contributed by atoms with Gasteiger partial charge in [-0.25, -0.2) is 4.39 Å². The quantitative estimate of drug-likeness (QED) is 0.746. The van der Waals surface area contributed by atoms with Gasteiger partial charge in [0.05, 0.1) is 19.1 Å². The molecule has 0 spiro atoms. The van der Waals surface area contributed by atoms with Gasteiger partial charge in [-0.05, 0) is 32.9 Å². The van der Waals surface area contributed by atoms with Crippen LogP contribution in [0.4, 0.5) is 4.39 Å². The van der Waals surface area contributed by atoms with Crippen molar-refractivity contribution in [1.82, 2.24) is 9.80 Å². The first kappa shape index (κ1) is 18.4. The molecule has 1 heterocycles. The van der Waals surface area contributed by atoms with Gasteiger partial charge < -0.3 is 9.64 Å². The highest BCUT2D eigenvalue weighted by Gasteiger charge is 2.29. The Bertz CT molecular complexity index is 579. The SMILES string of the molecule is CCOC(=O)C1CCCN(C(=O)CN(C)Cc2ccccc2F)C1. The molecule has 1 aliphatic heterocycles. The molecule has 24 heavy (non-hydrogen) atoms. The van der Waals surface area contributed by atoms with Crippen molar-refractivity contribution in [1.29, 1.82) is 0 Å². The number of carbonyl (C=O) groups excluding carboxylic acids is 2. The number of hydrogen-bond donors (Lipinski definition) is 0. The van der Waals surface area contributed by atoms with Gasteiger partial charge in [0.1, 0.15) is 5.82 Å². The molecule has 1 unspecified atom stereocenters. The Morgan fingerprint density at radius 3 is 2.83 bits per heavy atom. The van der Waals surface area contributed by atoms with Crippen LogP contribution in [0, 0.1) is 11.7 Å². The predicted octanol–water partition coefficient (Wildman–Crippen LogP) is 2.06. The molecule has 1 aromatic carbocycles. The second kappa shape index (κ2) is 8.78. The van der Waals surface area contributed by atoms with Crippen molar-refractivity contribution < 1.29 is 18.7 Å². The number of esters is 1. The number of piperidine rings is 1. The minimum Gasteiger partial charge on any atom is -0.466 e. The van der Waals surface area contributed by atoms with E-state index in [0.717, 1.165) is 12.8 Å². The van der Waals surface area contributed by atoms with E-state index in [-0.39, 0.29) is 30.2 Å². The van der Waals surface area contributed by atoms with Crippen LogP contribution in [0.15, 0.2) is 24.3 Å². The molecule has 1 atom stereocenters. The summed E-state index contributed by atoms with van der Waals surface area (Å²) in [7, 11) is 1.79. The van der Waals surface area contributed by atoms with E-state index in [0.29, 0.717) is 31.8 Å². The fraction of sp³-hybridized carbons (Fsp3) is 0.556. The van der Waals surface area contributed by atoms with E-state index in [4.69, 9.17) is 4.74 Å². The summed E-state index contributed by atoms with van der Waals surface area (Å²) in [6.45, 7) is 3.76. The van der Waals surface area contributed by atoms with Crippen LogP contribution in [0.1, 0.15) is 25.3 Å². The first-order valence-corrected chi connectivity index (χ1v) is 8.37. The van der Waals surface area contributed by atoms with Crippen molar-refractivity contribution in [3.8, 4) is 0 Å². The van der Waals surface area contributed by atoms with E-state index in [1.165, 1.54) is 6.07 Å². The molecule has 5 nitrogen and oxygen atoms in total. The summed E-state index contributed by atoms with van der Waals surface area (Å²) in [6.07, 6.45) is 1.56. The number of hydrogen-bond acceptors (Lipinski definition) is 4. The lowest BCUT2D eigenvalue weighted by atomic mass is 9.98. The highest BCUT2D eigenvalue weighted by molar-refractivity contribution is 5.80. The number of likely N-dealkylation sites (N-methyl/N-ethyl adjacent to an activating group) is 1. The minimum atomic E-state index is -0.267. The van der Waals surface area contributed by atoms with Crippen LogP contribution < -0.4 is 0 Å². The normalized spacial score (nSPS) is 17.8. The number of likely N-dealkylation sites (tertiary alicyclic amines) is 1. The van der Waals surface area contributed by atoms with Gasteiger partial charge >= 0.3 is 5.97 Å². The number of nitrogens with zero attached hydrogens (tertiary/aromatic N) is 2. The highest BCUT2D eigenvalue weighted by Crippen LogP contribution is 2.18. The van der Waals surface area contributed by atoms with E-state index in [1.807, 2.05) is 0 Å². The topological polar surface area (TPSA) is 49.9 Å². The van der Waals surface area contributed by atoms with Crippen molar-refractivity contribution in [2.75, 3.05) is 33.3 Å². The van der Waals surface area contributed by atoms with Crippen LogP contribution in [0.2, 0.25) is 0 Å². The molecule has 1 aromatic rings. The van der Waals surface area contributed by atoms with E-state index in [2.05, 4.69) is 0 Å². The Balaban J connectivity index is 1.87. The molecule has 0 aromatic heterocycles. The fourth-order valence-corrected chi connectivity index (χ4v) is 2.96. The summed E-state index contributed by atoms with van der Waals surface area (Å²) in [5, 5.41) is 0. The number of halogens is 1. The van der Waals surface area contributed by atoms with Crippen LogP contribution in [-0.4, -0.2) is 55.0 Å². The van der Waals surface area contributed by atoms with E-state index in [1.54, 1.807) is 42.0 Å². The maximum Gasteiger partial charge on any atom is 0.310 e. The Labute approximate surface area is 142 Å². The number of carbonyl (C=O) groups is 2. The van der Waals surface area contributed by atoms with Crippen molar-refractivity contribution in [3.05, 3.63) is 35.6 Å². The summed E-state index contributed by atoms with van der Waals surface area (Å²) in [6, 6.07) is 6.56. The number of rotatable bonds is 6. The molecular formula is C18H25FN2O3. The third-order valence-electron chi connectivity index (χ3n) is 4.20. The molecule has 1 saturated heterocycles. The zero-order valence-corrected chi connectivity index (χ0v) is 14.3. The molecule has 0 radical (unpaired) electrons. The first-order chi connectivity index (χ1) is 11.5. The maximum atomic E-state index is 13.7. The average Bonchev–Trinajstić information content (AvgIpc) is 2.57. The third-order valence-corrected chi connectivity index (χ3v) is 4.20. The zero-order valence-electron chi connectivity index (χ0n) is 14.3. The molecule has 2 rings (SSSR count). The third kappa shape index (κ3) is 5.03. The summed E-state index contributed by atoms with van der Waals surface area (Å²) in [5.74, 6) is -0.769. The molecule has 0 bridgehead atoms. The molecule has 1 fully saturated rings. The largest absolute Gasteiger partial charge is 0.466 e. The molecule has 1 amide bonds. The van der Waals surface area contributed by atoms with Gasteiger partial charge in [-0.2, -0.15) is 0 Å². The fourth-order valence-electron chi connectivity index (χ4n) is 2.96. The molecular weight excluding hydrogens is 311 g/mol. The van der Waals surface area contributed by atoms with Crippen molar-refractivity contribution >= 4 is 11.9 Å². The molecule has 0 aliphatic carbocycles. The van der Waals surface area contributed by atoms with Gasteiger partial charge in [-0.3, -0.25) is 14.5 Å². The van der Waals surface area contributed by atoms with Gasteiger partial charge in [0.25, 0.3) is 0 Å². The standard InChI is InChI=1S/C18H25FN2O3/c1-3-24-18(23)15-8-6-10-21(12-15)17(22)13-20(2)11-14-7-4-5-9-16(14)19/h4-5,7,9,15H,3,6,8,10-13H2,1-2H3. The Hall–Kier alpha value is -1.95. The predicted molar refractivity (Wildman–Crippen MR) is 88.7 cm³/mol. The van der Waals surface area contributed by atoms with Crippen LogP contribution in [0.5, 0.6) is 0 Å². The minimum absolute atomic E-state index is 0.0390. The summed E-state index contributed by atoms with van der Waals surface area (Å²) in [4.78, 5) is 27.8. The molecule has 0 N–H and O–H groups in total. The zero-order chi connectivity index (χ0) is 17.5. The molecule has 132 valence electrons. The maximum absolute atomic E-state index is 13.7. The van der Waals surface area contributed by atoms with Crippen LogP contribution in [-0.2, 0) is 20.9 Å². The van der Waals surface area contributed by atoms with Gasteiger partial charge in [0.15, 0.2) is 0 Å². The average molecular weight is 336 g/mol. The Kier molecular flexibility index (Phi) is 6.73. The lowest BCUT2D eigenvalue weighted by Gasteiger charge is -2.32. The van der Waals surface area contributed by atoms with Crippen LogP contribution >= 0.6 is 0 Å². The first-order valence-electron chi connectivity index (χ1n) is 8.37. The Morgan fingerprint density at radius 2 is 2.12 bits per heavy atom. The number of ether oxygens (including phenoxy) is 1. The van der Waals surface area contributed by atoms with Gasteiger partial charge in [0, 0.05) is 25.2 Å². The Morgan fingerprint density at radius 1 is 1.38 bits per heavy atom. The van der Waals surface area contributed by atoms with Crippen molar-refractivity contribution in [2.24, 2.45) is 5.92 Å². The lowest BCUT2D eigenvalue weighted by Crippen LogP contribution is -2.46. The number of amides is 1. The summed E-state index contributed by atoms with van der Waals surface area (Å²) in [5.41, 5.74) is 0.566. The molecule has 1 aliphatic rings. The molecule has 6 heteroatoms. The monoisotopic (exact) mass is 336 g/mol. The van der Waals surface area contributed by atoms with E-state index >= 15 is 0 Å². The van der Waals surface area contributed by atoms with E-state index in [9.17, 15) is 14.0 Å². The van der Waals surface area contributed by atoms with Crippen LogP contribution in [0.3, 0.4) is 0 Å². The van der Waals surface area contributed by atoms with Gasteiger partial charge in [-0.15, -0.1) is 0 Å². The van der Waals surface area contributed by atoms with Gasteiger partial charge in [0.2, 0.25) is 5.91 Å². The summed E-state index contributed by atoms with van der Waals surface area (Å²) < 4.78 is 18.7. The van der Waals surface area contributed by atoms with Crippen LogP contribution in [0.25, 0.3) is 0 Å². The van der Waals surface area contributed by atoms with Crippen molar-refractivity contribution in [3.63, 3.8) is 0 Å². The van der Waals surface area contributed by atoms with Gasteiger partial charge in [-0.1, -0.05) is 18.2 Å². The second-order valence-corrected chi connectivity index (χ2v) is 6.19.